The molecular weight excluding hydrogens is 268 g/mol. The standard InChI is InChI=1S/C16H26N2O3/c19-15(12-5-3-9-17-10-12)18-13-6-2-1-4-11(13)7-8-14(18)16(20)21/h11-14,17H,1-10H2,(H,20,21)/t11?,12-,13?,14?/m0/s1. The van der Waals surface area contributed by atoms with Crippen LogP contribution in [0.1, 0.15) is 51.4 Å². The minimum absolute atomic E-state index is 0.0266. The van der Waals surface area contributed by atoms with E-state index in [1.807, 2.05) is 0 Å². The van der Waals surface area contributed by atoms with Crippen LogP contribution in [-0.4, -0.2) is 47.1 Å². The highest BCUT2D eigenvalue weighted by atomic mass is 16.4. The molecule has 0 aromatic carbocycles. The first-order valence-electron chi connectivity index (χ1n) is 8.44. The fourth-order valence-corrected chi connectivity index (χ4v) is 4.47. The van der Waals surface area contributed by atoms with Crippen LogP contribution in [-0.2, 0) is 9.59 Å². The fraction of sp³-hybridized carbons (Fsp3) is 0.875. The van der Waals surface area contributed by atoms with Gasteiger partial charge in [-0.2, -0.15) is 0 Å². The molecule has 3 rings (SSSR count). The Bertz CT molecular complexity index is 406. The molecule has 118 valence electrons. The summed E-state index contributed by atoms with van der Waals surface area (Å²) in [6, 6.07) is -0.429. The number of carboxylic acid groups (broad SMARTS) is 1. The number of carbonyl (C=O) groups excluding carboxylic acids is 1. The molecule has 2 heterocycles. The molecule has 5 heteroatoms. The normalized spacial score (nSPS) is 36.9. The second kappa shape index (κ2) is 6.34. The molecule has 1 saturated carbocycles. The highest BCUT2D eigenvalue weighted by Gasteiger charge is 2.45. The monoisotopic (exact) mass is 294 g/mol. The maximum Gasteiger partial charge on any atom is 0.326 e. The summed E-state index contributed by atoms with van der Waals surface area (Å²) in [7, 11) is 0. The average Bonchev–Trinajstić information content (AvgIpc) is 2.53. The van der Waals surface area contributed by atoms with Gasteiger partial charge in [0.1, 0.15) is 6.04 Å². The molecule has 0 aromatic heterocycles. The van der Waals surface area contributed by atoms with Crippen molar-refractivity contribution in [3.8, 4) is 0 Å². The van der Waals surface area contributed by atoms with Crippen molar-refractivity contribution in [1.82, 2.24) is 10.2 Å². The van der Waals surface area contributed by atoms with Gasteiger partial charge in [0.15, 0.2) is 0 Å². The number of piperidine rings is 2. The molecule has 2 saturated heterocycles. The lowest BCUT2D eigenvalue weighted by Gasteiger charge is -2.48. The predicted octanol–water partition coefficient (Wildman–Crippen LogP) is 1.62. The molecule has 0 bridgehead atoms. The van der Waals surface area contributed by atoms with Gasteiger partial charge >= 0.3 is 5.97 Å². The van der Waals surface area contributed by atoms with Gasteiger partial charge < -0.3 is 15.3 Å². The number of fused-ring (bicyclic) bond motifs is 1. The molecule has 5 nitrogen and oxygen atoms in total. The third-order valence-electron chi connectivity index (χ3n) is 5.56. The highest BCUT2D eigenvalue weighted by molar-refractivity contribution is 5.86. The van der Waals surface area contributed by atoms with Gasteiger partial charge in [0.2, 0.25) is 5.91 Å². The van der Waals surface area contributed by atoms with Crippen LogP contribution in [0.5, 0.6) is 0 Å². The number of amides is 1. The lowest BCUT2D eigenvalue weighted by molar-refractivity contribution is -0.160. The Kier molecular flexibility index (Phi) is 4.48. The van der Waals surface area contributed by atoms with Crippen LogP contribution in [0, 0.1) is 11.8 Å². The summed E-state index contributed by atoms with van der Waals surface area (Å²) in [4.78, 5) is 26.3. The van der Waals surface area contributed by atoms with E-state index in [1.54, 1.807) is 4.90 Å². The first-order valence-corrected chi connectivity index (χ1v) is 8.44. The summed E-state index contributed by atoms with van der Waals surface area (Å²) in [5.74, 6) is -0.238. The Balaban J connectivity index is 1.81. The molecule has 2 N–H and O–H groups in total. The molecular formula is C16H26N2O3. The van der Waals surface area contributed by atoms with E-state index < -0.39 is 12.0 Å². The van der Waals surface area contributed by atoms with E-state index in [1.165, 1.54) is 6.42 Å². The molecule has 1 aliphatic carbocycles. The topological polar surface area (TPSA) is 69.6 Å². The summed E-state index contributed by atoms with van der Waals surface area (Å²) in [6.07, 6.45) is 8.00. The van der Waals surface area contributed by atoms with Crippen LogP contribution < -0.4 is 5.32 Å². The first-order chi connectivity index (χ1) is 10.2. The number of rotatable bonds is 2. The Hall–Kier alpha value is -1.10. The fourth-order valence-electron chi connectivity index (χ4n) is 4.47. The van der Waals surface area contributed by atoms with E-state index in [0.29, 0.717) is 18.9 Å². The molecule has 3 fully saturated rings. The Morgan fingerprint density at radius 1 is 1.00 bits per heavy atom. The SMILES string of the molecule is O=C(O)C1CCC2CCCCC2N1C(=O)[C@H]1CCCNC1. The summed E-state index contributed by atoms with van der Waals surface area (Å²) in [6.45, 7) is 1.68. The minimum atomic E-state index is -0.823. The van der Waals surface area contributed by atoms with E-state index in [4.69, 9.17) is 0 Å². The molecule has 2 aliphatic heterocycles. The van der Waals surface area contributed by atoms with Crippen molar-refractivity contribution >= 4 is 11.9 Å². The van der Waals surface area contributed by atoms with Gasteiger partial charge in [-0.25, -0.2) is 4.79 Å². The van der Waals surface area contributed by atoms with Crippen molar-refractivity contribution in [1.29, 1.82) is 0 Å². The Morgan fingerprint density at radius 3 is 2.52 bits per heavy atom. The average molecular weight is 294 g/mol. The third kappa shape index (κ3) is 2.93. The lowest BCUT2D eigenvalue weighted by atomic mass is 9.75. The zero-order valence-corrected chi connectivity index (χ0v) is 12.6. The van der Waals surface area contributed by atoms with Gasteiger partial charge in [-0.05, 0) is 51.0 Å². The zero-order chi connectivity index (χ0) is 14.8. The number of aliphatic carboxylic acids is 1. The maximum atomic E-state index is 12.9. The smallest absolute Gasteiger partial charge is 0.326 e. The number of carboxylic acids is 1. The molecule has 21 heavy (non-hydrogen) atoms. The Labute approximate surface area is 126 Å². The minimum Gasteiger partial charge on any atom is -0.480 e. The van der Waals surface area contributed by atoms with Gasteiger partial charge in [-0.3, -0.25) is 4.79 Å². The number of nitrogens with one attached hydrogen (secondary N) is 1. The van der Waals surface area contributed by atoms with Crippen LogP contribution in [0.25, 0.3) is 0 Å². The largest absolute Gasteiger partial charge is 0.480 e. The first kappa shape index (κ1) is 14.8. The lowest BCUT2D eigenvalue weighted by Crippen LogP contribution is -2.59. The van der Waals surface area contributed by atoms with Crippen molar-refractivity contribution in [2.24, 2.45) is 11.8 Å². The Morgan fingerprint density at radius 2 is 1.81 bits per heavy atom. The van der Waals surface area contributed by atoms with Crippen LogP contribution in [0.2, 0.25) is 0 Å². The summed E-state index contributed by atoms with van der Waals surface area (Å²) in [5, 5.41) is 12.8. The molecule has 3 aliphatic rings. The van der Waals surface area contributed by atoms with Crippen LogP contribution >= 0.6 is 0 Å². The van der Waals surface area contributed by atoms with E-state index in [9.17, 15) is 14.7 Å². The van der Waals surface area contributed by atoms with Crippen molar-refractivity contribution < 1.29 is 14.7 Å². The molecule has 1 amide bonds. The number of carbonyl (C=O) groups is 2. The van der Waals surface area contributed by atoms with Gasteiger partial charge in [0, 0.05) is 12.6 Å². The molecule has 0 spiro atoms. The van der Waals surface area contributed by atoms with E-state index in [0.717, 1.165) is 45.1 Å². The second-order valence-corrected chi connectivity index (χ2v) is 6.83. The number of likely N-dealkylation sites (tertiary alicyclic amines) is 1. The van der Waals surface area contributed by atoms with Gasteiger partial charge in [-0.1, -0.05) is 12.8 Å². The van der Waals surface area contributed by atoms with Crippen molar-refractivity contribution in [3.63, 3.8) is 0 Å². The van der Waals surface area contributed by atoms with Crippen LogP contribution in [0.15, 0.2) is 0 Å². The maximum absolute atomic E-state index is 12.9. The molecule has 3 unspecified atom stereocenters. The molecule has 4 atom stereocenters. The molecule has 0 aromatic rings. The highest BCUT2D eigenvalue weighted by Crippen LogP contribution is 2.39. The number of hydrogen-bond donors (Lipinski definition) is 2. The quantitative estimate of drug-likeness (QED) is 0.812. The second-order valence-electron chi connectivity index (χ2n) is 6.83. The number of nitrogens with zero attached hydrogens (tertiary/aromatic N) is 1. The zero-order valence-electron chi connectivity index (χ0n) is 12.6. The van der Waals surface area contributed by atoms with Gasteiger partial charge in [0.05, 0.1) is 5.92 Å². The third-order valence-corrected chi connectivity index (χ3v) is 5.56. The molecule has 0 radical (unpaired) electrons. The predicted molar refractivity (Wildman–Crippen MR) is 78.8 cm³/mol. The number of hydrogen-bond acceptors (Lipinski definition) is 3. The van der Waals surface area contributed by atoms with E-state index in [2.05, 4.69) is 5.32 Å². The summed E-state index contributed by atoms with van der Waals surface area (Å²) >= 11 is 0. The van der Waals surface area contributed by atoms with Crippen molar-refractivity contribution in [2.45, 2.75) is 63.5 Å². The van der Waals surface area contributed by atoms with Gasteiger partial charge in [0.25, 0.3) is 0 Å². The van der Waals surface area contributed by atoms with Crippen LogP contribution in [0.3, 0.4) is 0 Å². The van der Waals surface area contributed by atoms with E-state index >= 15 is 0 Å². The van der Waals surface area contributed by atoms with Gasteiger partial charge in [-0.15, -0.1) is 0 Å². The van der Waals surface area contributed by atoms with Crippen molar-refractivity contribution in [3.05, 3.63) is 0 Å². The van der Waals surface area contributed by atoms with E-state index in [-0.39, 0.29) is 17.9 Å². The van der Waals surface area contributed by atoms with Crippen LogP contribution in [0.4, 0.5) is 0 Å². The summed E-state index contributed by atoms with van der Waals surface area (Å²) in [5.41, 5.74) is 0. The van der Waals surface area contributed by atoms with Crippen molar-refractivity contribution in [2.75, 3.05) is 13.1 Å². The summed E-state index contributed by atoms with van der Waals surface area (Å²) < 4.78 is 0.